The Labute approximate surface area is 198 Å². The van der Waals surface area contributed by atoms with Gasteiger partial charge in [0.1, 0.15) is 5.75 Å². The van der Waals surface area contributed by atoms with Crippen LogP contribution >= 0.6 is 12.2 Å². The lowest BCUT2D eigenvalue weighted by molar-refractivity contribution is 0.0724. The number of nitrogens with zero attached hydrogens (tertiary/aromatic N) is 3. The first-order chi connectivity index (χ1) is 16.1. The van der Waals surface area contributed by atoms with E-state index in [9.17, 15) is 4.79 Å². The first kappa shape index (κ1) is 22.7. The maximum atomic E-state index is 12.6. The molecule has 0 atom stereocenters. The summed E-state index contributed by atoms with van der Waals surface area (Å²) in [5.74, 6) is 1.81. The quantitative estimate of drug-likeness (QED) is 0.501. The average Bonchev–Trinajstić information content (AvgIpc) is 3.33. The van der Waals surface area contributed by atoms with Crippen LogP contribution in [0.3, 0.4) is 0 Å². The number of likely N-dealkylation sites (tertiary alicyclic amines) is 1. The van der Waals surface area contributed by atoms with Gasteiger partial charge in [-0.15, -0.1) is 0 Å². The van der Waals surface area contributed by atoms with Crippen LogP contribution in [0.1, 0.15) is 42.4 Å². The van der Waals surface area contributed by atoms with Gasteiger partial charge in [-0.05, 0) is 86.9 Å². The van der Waals surface area contributed by atoms with Crippen LogP contribution in [0.5, 0.6) is 5.75 Å². The topological polar surface area (TPSA) is 92.5 Å². The van der Waals surface area contributed by atoms with E-state index in [0.717, 1.165) is 42.9 Å². The number of thiocarbonyl (C=S) groups is 1. The Hall–Kier alpha value is -3.46. The highest BCUT2D eigenvalue weighted by Crippen LogP contribution is 2.20. The number of benzene rings is 2. The number of hydrogen-bond acceptors (Lipinski definition) is 6. The molecule has 0 saturated carbocycles. The fraction of sp³-hybridized carbons (Fsp3) is 0.333. The minimum Gasteiger partial charge on any atom is -0.494 e. The van der Waals surface area contributed by atoms with Gasteiger partial charge >= 0.3 is 0 Å². The Morgan fingerprint density at radius 1 is 1.09 bits per heavy atom. The maximum absolute atomic E-state index is 12.6. The van der Waals surface area contributed by atoms with Gasteiger partial charge in [0, 0.05) is 29.9 Å². The number of ether oxygens (including phenoxy) is 1. The molecule has 1 aliphatic rings. The first-order valence-electron chi connectivity index (χ1n) is 11.1. The van der Waals surface area contributed by atoms with Crippen LogP contribution < -0.4 is 15.4 Å². The highest BCUT2D eigenvalue weighted by Gasteiger charge is 2.18. The van der Waals surface area contributed by atoms with E-state index in [1.165, 1.54) is 6.42 Å². The zero-order chi connectivity index (χ0) is 23.0. The number of anilines is 1. The van der Waals surface area contributed by atoms with Crippen molar-refractivity contribution in [2.75, 3.05) is 25.0 Å². The highest BCUT2D eigenvalue weighted by molar-refractivity contribution is 7.80. The number of carbonyl (C=O) groups excluding carboxylic acids is 1. The minimum absolute atomic E-state index is 0.0849. The molecule has 8 nitrogen and oxygen atoms in total. The molecule has 1 amide bonds. The maximum Gasteiger partial charge on any atom is 0.253 e. The van der Waals surface area contributed by atoms with Gasteiger partial charge in [-0.3, -0.25) is 4.79 Å². The number of piperidine rings is 1. The van der Waals surface area contributed by atoms with Crippen molar-refractivity contribution in [3.63, 3.8) is 0 Å². The number of rotatable bonds is 7. The van der Waals surface area contributed by atoms with E-state index in [1.54, 1.807) is 0 Å². The van der Waals surface area contributed by atoms with Crippen molar-refractivity contribution in [3.8, 4) is 17.1 Å². The van der Waals surface area contributed by atoms with Crippen molar-refractivity contribution in [2.24, 2.45) is 0 Å². The van der Waals surface area contributed by atoms with Gasteiger partial charge in [0.25, 0.3) is 5.91 Å². The first-order valence-corrected chi connectivity index (χ1v) is 11.5. The van der Waals surface area contributed by atoms with Gasteiger partial charge in [0.15, 0.2) is 5.11 Å². The largest absolute Gasteiger partial charge is 0.494 e. The zero-order valence-electron chi connectivity index (χ0n) is 18.5. The van der Waals surface area contributed by atoms with Crippen LogP contribution in [0.2, 0.25) is 0 Å². The average molecular weight is 466 g/mol. The summed E-state index contributed by atoms with van der Waals surface area (Å²) in [6.07, 6.45) is 3.35. The van der Waals surface area contributed by atoms with Crippen molar-refractivity contribution in [1.82, 2.24) is 20.4 Å². The Morgan fingerprint density at radius 2 is 1.82 bits per heavy atom. The molecule has 0 bridgehead atoms. The molecule has 0 aliphatic carbocycles. The fourth-order valence-corrected chi connectivity index (χ4v) is 3.81. The molecular formula is C24H27N5O3S. The summed E-state index contributed by atoms with van der Waals surface area (Å²) in [5.41, 5.74) is 2.32. The molecule has 3 aromatic rings. The molecule has 0 spiro atoms. The summed E-state index contributed by atoms with van der Waals surface area (Å²) in [7, 11) is 0. The van der Waals surface area contributed by atoms with E-state index in [4.69, 9.17) is 21.5 Å². The third-order valence-corrected chi connectivity index (χ3v) is 5.57. The second-order valence-corrected chi connectivity index (χ2v) is 8.12. The minimum atomic E-state index is 0.0849. The van der Waals surface area contributed by atoms with Gasteiger partial charge in [-0.2, -0.15) is 4.98 Å². The van der Waals surface area contributed by atoms with Crippen molar-refractivity contribution in [1.29, 1.82) is 0 Å². The molecule has 33 heavy (non-hydrogen) atoms. The van der Waals surface area contributed by atoms with Gasteiger partial charge in [0.05, 0.1) is 13.2 Å². The third kappa shape index (κ3) is 6.07. The van der Waals surface area contributed by atoms with Crippen molar-refractivity contribution < 1.29 is 14.1 Å². The van der Waals surface area contributed by atoms with E-state index >= 15 is 0 Å². The molecule has 4 rings (SSSR count). The van der Waals surface area contributed by atoms with E-state index in [2.05, 4.69) is 20.8 Å². The predicted molar refractivity (Wildman–Crippen MR) is 130 cm³/mol. The monoisotopic (exact) mass is 465 g/mol. The van der Waals surface area contributed by atoms with Crippen LogP contribution in [0.15, 0.2) is 53.1 Å². The molecule has 2 heterocycles. The molecule has 1 aromatic heterocycles. The molecule has 172 valence electrons. The van der Waals surface area contributed by atoms with Crippen LogP contribution in [0, 0.1) is 0 Å². The number of nitrogens with one attached hydrogen (secondary N) is 2. The highest BCUT2D eigenvalue weighted by atomic mass is 32.1. The zero-order valence-corrected chi connectivity index (χ0v) is 19.4. The van der Waals surface area contributed by atoms with Crippen LogP contribution in [-0.2, 0) is 6.54 Å². The molecular weight excluding hydrogens is 438 g/mol. The molecule has 1 fully saturated rings. The number of amides is 1. The fourth-order valence-electron chi connectivity index (χ4n) is 3.62. The molecule has 1 saturated heterocycles. The van der Waals surface area contributed by atoms with E-state index in [1.807, 2.05) is 60.4 Å². The second-order valence-electron chi connectivity index (χ2n) is 7.71. The molecule has 9 heteroatoms. The van der Waals surface area contributed by atoms with Gasteiger partial charge in [-0.25, -0.2) is 0 Å². The summed E-state index contributed by atoms with van der Waals surface area (Å²) in [5, 5.41) is 10.6. The number of aromatic nitrogens is 2. The number of carbonyl (C=O) groups is 1. The molecule has 2 aromatic carbocycles. The summed E-state index contributed by atoms with van der Waals surface area (Å²) >= 11 is 5.36. The van der Waals surface area contributed by atoms with Crippen molar-refractivity contribution >= 4 is 28.9 Å². The lowest BCUT2D eigenvalue weighted by atomic mass is 10.1. The van der Waals surface area contributed by atoms with Crippen molar-refractivity contribution in [2.45, 2.75) is 32.7 Å². The molecule has 2 N–H and O–H groups in total. The predicted octanol–water partition coefficient (Wildman–Crippen LogP) is 4.25. The lowest BCUT2D eigenvalue weighted by Crippen LogP contribution is -2.35. The lowest BCUT2D eigenvalue weighted by Gasteiger charge is -2.26. The Kier molecular flexibility index (Phi) is 7.51. The van der Waals surface area contributed by atoms with Gasteiger partial charge in [-0.1, -0.05) is 5.16 Å². The van der Waals surface area contributed by atoms with E-state index in [-0.39, 0.29) is 5.91 Å². The molecule has 1 aliphatic heterocycles. The Bertz CT molecular complexity index is 1080. The van der Waals surface area contributed by atoms with E-state index in [0.29, 0.717) is 35.5 Å². The standard InChI is InChI=1S/C24H27N5O3S/c1-2-31-20-12-8-17(9-13-20)22-27-21(32-28-22)16-25-24(33)26-19-10-6-18(7-11-19)23(30)29-14-4-3-5-15-29/h6-13H,2-5,14-16H2,1H3,(H2,25,26,33). The third-order valence-electron chi connectivity index (χ3n) is 5.32. The SMILES string of the molecule is CCOc1ccc(-c2noc(CNC(=S)Nc3ccc(C(=O)N4CCCCC4)cc3)n2)cc1. The number of hydrogen-bond donors (Lipinski definition) is 2. The summed E-state index contributed by atoms with van der Waals surface area (Å²) in [4.78, 5) is 18.9. The smallest absolute Gasteiger partial charge is 0.253 e. The van der Waals surface area contributed by atoms with Crippen LogP contribution in [-0.4, -0.2) is 45.8 Å². The molecule has 0 unspecified atom stereocenters. The van der Waals surface area contributed by atoms with E-state index < -0.39 is 0 Å². The summed E-state index contributed by atoms with van der Waals surface area (Å²) < 4.78 is 10.8. The Balaban J connectivity index is 1.27. The van der Waals surface area contributed by atoms with Crippen LogP contribution in [0.4, 0.5) is 5.69 Å². The molecule has 0 radical (unpaired) electrons. The summed E-state index contributed by atoms with van der Waals surface area (Å²) in [6.45, 7) is 4.53. The van der Waals surface area contributed by atoms with Crippen molar-refractivity contribution in [3.05, 3.63) is 60.0 Å². The Morgan fingerprint density at radius 3 is 2.52 bits per heavy atom. The van der Waals surface area contributed by atoms with Crippen LogP contribution in [0.25, 0.3) is 11.4 Å². The van der Waals surface area contributed by atoms with Gasteiger partial charge < -0.3 is 24.8 Å². The second kappa shape index (κ2) is 10.9. The normalized spacial score (nSPS) is 13.4. The summed E-state index contributed by atoms with van der Waals surface area (Å²) in [6, 6.07) is 14.9. The van der Waals surface area contributed by atoms with Gasteiger partial charge in [0.2, 0.25) is 11.7 Å².